The molecule has 3 rings (SSSR count). The zero-order valence-corrected chi connectivity index (χ0v) is 11.2. The predicted octanol–water partition coefficient (Wildman–Crippen LogP) is 3.87. The van der Waals surface area contributed by atoms with Gasteiger partial charge in [0.15, 0.2) is 0 Å². The third kappa shape index (κ3) is 2.69. The van der Waals surface area contributed by atoms with E-state index in [1.54, 1.807) is 18.2 Å². The Morgan fingerprint density at radius 3 is 2.33 bits per heavy atom. The number of nitrogens with one attached hydrogen (secondary N) is 1. The quantitative estimate of drug-likeness (QED) is 0.776. The number of halogens is 1. The van der Waals surface area contributed by atoms with Crippen molar-refractivity contribution in [2.45, 2.75) is 0 Å². The number of anilines is 1. The zero-order chi connectivity index (χ0) is 14.7. The molecule has 0 fully saturated rings. The predicted molar refractivity (Wildman–Crippen MR) is 80.1 cm³/mol. The summed E-state index contributed by atoms with van der Waals surface area (Å²) in [5, 5.41) is 2.76. The molecule has 2 aromatic carbocycles. The van der Waals surface area contributed by atoms with E-state index in [0.29, 0.717) is 5.69 Å². The van der Waals surface area contributed by atoms with Crippen molar-refractivity contribution in [2.24, 2.45) is 0 Å². The standard InChI is InChI=1S/C17H13FN2O/c18-14-8-2-1-7-13(14)17(21)19-15-9-3-4-10-16(15)20-11-5-6-12-20/h1-12H,(H,19,21). The van der Waals surface area contributed by atoms with Crippen LogP contribution in [-0.4, -0.2) is 10.5 Å². The van der Waals surface area contributed by atoms with E-state index in [1.807, 2.05) is 47.3 Å². The molecular weight excluding hydrogens is 267 g/mol. The van der Waals surface area contributed by atoms with Gasteiger partial charge in [-0.1, -0.05) is 24.3 Å². The molecule has 0 aliphatic heterocycles. The fourth-order valence-electron chi connectivity index (χ4n) is 2.13. The Balaban J connectivity index is 1.93. The summed E-state index contributed by atoms with van der Waals surface area (Å²) < 4.78 is 15.5. The van der Waals surface area contributed by atoms with Crippen molar-refractivity contribution in [1.29, 1.82) is 0 Å². The molecule has 0 aliphatic carbocycles. The van der Waals surface area contributed by atoms with E-state index in [0.717, 1.165) is 5.69 Å². The molecule has 0 saturated carbocycles. The van der Waals surface area contributed by atoms with Crippen molar-refractivity contribution in [2.75, 3.05) is 5.32 Å². The van der Waals surface area contributed by atoms with Gasteiger partial charge in [0.05, 0.1) is 16.9 Å². The third-order valence-corrected chi connectivity index (χ3v) is 3.15. The molecular formula is C17H13FN2O. The summed E-state index contributed by atoms with van der Waals surface area (Å²) in [6, 6.07) is 17.1. The number of nitrogens with zero attached hydrogens (tertiary/aromatic N) is 1. The van der Waals surface area contributed by atoms with Gasteiger partial charge in [-0.25, -0.2) is 4.39 Å². The molecule has 1 heterocycles. The van der Waals surface area contributed by atoms with Crippen molar-refractivity contribution in [3.05, 3.63) is 84.4 Å². The highest BCUT2D eigenvalue weighted by Crippen LogP contribution is 2.21. The molecule has 4 heteroatoms. The summed E-state index contributed by atoms with van der Waals surface area (Å²) in [7, 11) is 0. The molecule has 0 bridgehead atoms. The van der Waals surface area contributed by atoms with Crippen LogP contribution < -0.4 is 5.32 Å². The van der Waals surface area contributed by atoms with E-state index < -0.39 is 11.7 Å². The average Bonchev–Trinajstić information content (AvgIpc) is 3.02. The monoisotopic (exact) mass is 280 g/mol. The van der Waals surface area contributed by atoms with Crippen molar-refractivity contribution >= 4 is 11.6 Å². The molecule has 1 aromatic heterocycles. The fourth-order valence-corrected chi connectivity index (χ4v) is 2.13. The molecule has 1 amide bonds. The van der Waals surface area contributed by atoms with E-state index in [2.05, 4.69) is 5.32 Å². The van der Waals surface area contributed by atoms with Crippen LogP contribution >= 0.6 is 0 Å². The lowest BCUT2D eigenvalue weighted by Crippen LogP contribution is -2.15. The lowest BCUT2D eigenvalue weighted by atomic mass is 10.2. The fraction of sp³-hybridized carbons (Fsp3) is 0. The summed E-state index contributed by atoms with van der Waals surface area (Å²) >= 11 is 0. The molecule has 0 spiro atoms. The SMILES string of the molecule is O=C(Nc1ccccc1-n1cccc1)c1ccccc1F. The number of benzene rings is 2. The molecule has 104 valence electrons. The molecule has 0 atom stereocenters. The van der Waals surface area contributed by atoms with E-state index in [9.17, 15) is 9.18 Å². The topological polar surface area (TPSA) is 34.0 Å². The Morgan fingerprint density at radius 2 is 1.57 bits per heavy atom. The third-order valence-electron chi connectivity index (χ3n) is 3.15. The second kappa shape index (κ2) is 5.63. The molecule has 1 N–H and O–H groups in total. The highest BCUT2D eigenvalue weighted by Gasteiger charge is 2.13. The van der Waals surface area contributed by atoms with Gasteiger partial charge in [0, 0.05) is 12.4 Å². The minimum Gasteiger partial charge on any atom is -0.322 e. The first-order chi connectivity index (χ1) is 10.3. The molecule has 0 unspecified atom stereocenters. The van der Waals surface area contributed by atoms with Crippen molar-refractivity contribution in [3.63, 3.8) is 0 Å². The van der Waals surface area contributed by atoms with Gasteiger partial charge in [-0.15, -0.1) is 0 Å². The van der Waals surface area contributed by atoms with Gasteiger partial charge in [0.25, 0.3) is 5.91 Å². The molecule has 0 radical (unpaired) electrons. The highest BCUT2D eigenvalue weighted by molar-refractivity contribution is 6.05. The second-order valence-electron chi connectivity index (χ2n) is 4.54. The van der Waals surface area contributed by atoms with Crippen LogP contribution in [0.5, 0.6) is 0 Å². The second-order valence-corrected chi connectivity index (χ2v) is 4.54. The molecule has 0 aliphatic rings. The highest BCUT2D eigenvalue weighted by atomic mass is 19.1. The zero-order valence-electron chi connectivity index (χ0n) is 11.2. The largest absolute Gasteiger partial charge is 0.322 e. The first-order valence-electron chi connectivity index (χ1n) is 6.54. The van der Waals surface area contributed by atoms with Crippen LogP contribution in [0, 0.1) is 5.82 Å². The summed E-state index contributed by atoms with van der Waals surface area (Å²) in [4.78, 5) is 12.2. The van der Waals surface area contributed by atoms with Crippen LogP contribution in [0.2, 0.25) is 0 Å². The Hall–Kier alpha value is -2.88. The van der Waals surface area contributed by atoms with Gasteiger partial charge in [0.1, 0.15) is 5.82 Å². The molecule has 21 heavy (non-hydrogen) atoms. The van der Waals surface area contributed by atoms with Crippen LogP contribution in [0.4, 0.5) is 10.1 Å². The number of carbonyl (C=O) groups is 1. The minimum absolute atomic E-state index is 0.0276. The maximum Gasteiger partial charge on any atom is 0.258 e. The van der Waals surface area contributed by atoms with Crippen LogP contribution in [0.3, 0.4) is 0 Å². The van der Waals surface area contributed by atoms with E-state index in [1.165, 1.54) is 12.1 Å². The number of para-hydroxylation sites is 2. The first kappa shape index (κ1) is 13.1. The van der Waals surface area contributed by atoms with Crippen LogP contribution in [0.1, 0.15) is 10.4 Å². The number of hydrogen-bond acceptors (Lipinski definition) is 1. The maximum absolute atomic E-state index is 13.7. The van der Waals surface area contributed by atoms with Crippen LogP contribution in [0.15, 0.2) is 73.1 Å². The number of rotatable bonds is 3. The Kier molecular flexibility index (Phi) is 3.51. The first-order valence-corrected chi connectivity index (χ1v) is 6.54. The van der Waals surface area contributed by atoms with Crippen molar-refractivity contribution in [3.8, 4) is 5.69 Å². The van der Waals surface area contributed by atoms with Gasteiger partial charge in [-0.05, 0) is 36.4 Å². The number of hydrogen-bond donors (Lipinski definition) is 1. The summed E-state index contributed by atoms with van der Waals surface area (Å²) in [5.41, 5.74) is 1.48. The maximum atomic E-state index is 13.7. The van der Waals surface area contributed by atoms with Gasteiger partial charge in [0.2, 0.25) is 0 Å². The molecule has 3 aromatic rings. The summed E-state index contributed by atoms with van der Waals surface area (Å²) in [5.74, 6) is -0.999. The Labute approximate surface area is 121 Å². The van der Waals surface area contributed by atoms with Crippen molar-refractivity contribution < 1.29 is 9.18 Å². The number of aromatic nitrogens is 1. The minimum atomic E-state index is -0.534. The molecule has 0 saturated heterocycles. The number of amides is 1. The van der Waals surface area contributed by atoms with E-state index >= 15 is 0 Å². The summed E-state index contributed by atoms with van der Waals surface area (Å²) in [6.45, 7) is 0. The van der Waals surface area contributed by atoms with Crippen molar-refractivity contribution in [1.82, 2.24) is 4.57 Å². The normalized spacial score (nSPS) is 10.3. The lowest BCUT2D eigenvalue weighted by Gasteiger charge is -2.12. The lowest BCUT2D eigenvalue weighted by molar-refractivity contribution is 0.102. The number of carbonyl (C=O) groups excluding carboxylic acids is 1. The smallest absolute Gasteiger partial charge is 0.258 e. The van der Waals surface area contributed by atoms with Gasteiger partial charge >= 0.3 is 0 Å². The van der Waals surface area contributed by atoms with Crippen LogP contribution in [-0.2, 0) is 0 Å². The molecule has 3 nitrogen and oxygen atoms in total. The van der Waals surface area contributed by atoms with Gasteiger partial charge < -0.3 is 9.88 Å². The van der Waals surface area contributed by atoms with E-state index in [-0.39, 0.29) is 5.56 Å². The van der Waals surface area contributed by atoms with Gasteiger partial charge in [-0.2, -0.15) is 0 Å². The van der Waals surface area contributed by atoms with Gasteiger partial charge in [-0.3, -0.25) is 4.79 Å². The summed E-state index contributed by atoms with van der Waals surface area (Å²) in [6.07, 6.45) is 3.77. The van der Waals surface area contributed by atoms with E-state index in [4.69, 9.17) is 0 Å². The van der Waals surface area contributed by atoms with Crippen LogP contribution in [0.25, 0.3) is 5.69 Å². The Bertz CT molecular complexity index is 766. The average molecular weight is 280 g/mol. The Morgan fingerprint density at radius 1 is 0.905 bits per heavy atom.